The third-order valence-corrected chi connectivity index (χ3v) is 4.77. The fourth-order valence-electron chi connectivity index (χ4n) is 3.12. The molecule has 0 aliphatic heterocycles. The first-order chi connectivity index (χ1) is 15.7. The van der Waals surface area contributed by atoms with Crippen molar-refractivity contribution in [3.63, 3.8) is 0 Å². The first-order valence-corrected chi connectivity index (χ1v) is 10.4. The SMILES string of the molecule is C/C(=C\c1ccc[nH]1)c1ccc(NC(=O)CC(=O)Nc2cc(C(C)(C)C)on2)cc1NC=O. The molecule has 0 saturated carbocycles. The average Bonchev–Trinajstić information content (AvgIpc) is 3.40. The number of rotatable bonds is 8. The third-order valence-electron chi connectivity index (χ3n) is 4.77. The molecule has 3 amide bonds. The van der Waals surface area contributed by atoms with Gasteiger partial charge < -0.3 is 25.5 Å². The number of carbonyl (C=O) groups excluding carboxylic acids is 3. The maximum atomic E-state index is 12.4. The highest BCUT2D eigenvalue weighted by Crippen LogP contribution is 2.28. The van der Waals surface area contributed by atoms with Gasteiger partial charge in [0.2, 0.25) is 18.2 Å². The fourth-order valence-corrected chi connectivity index (χ4v) is 3.12. The molecule has 3 aromatic rings. The van der Waals surface area contributed by atoms with Gasteiger partial charge in [-0.3, -0.25) is 14.4 Å². The molecule has 0 bridgehead atoms. The second kappa shape index (κ2) is 9.99. The summed E-state index contributed by atoms with van der Waals surface area (Å²) < 4.78 is 5.22. The van der Waals surface area contributed by atoms with Gasteiger partial charge in [0.15, 0.2) is 5.82 Å². The first kappa shape index (κ1) is 23.5. The van der Waals surface area contributed by atoms with Crippen LogP contribution in [-0.2, 0) is 19.8 Å². The Labute approximate surface area is 191 Å². The van der Waals surface area contributed by atoms with Crippen molar-refractivity contribution in [2.24, 2.45) is 0 Å². The Morgan fingerprint density at radius 3 is 2.52 bits per heavy atom. The van der Waals surface area contributed by atoms with Crippen LogP contribution in [-0.4, -0.2) is 28.4 Å². The summed E-state index contributed by atoms with van der Waals surface area (Å²) in [6, 6.07) is 10.6. The lowest BCUT2D eigenvalue weighted by atomic mass is 9.93. The summed E-state index contributed by atoms with van der Waals surface area (Å²) >= 11 is 0. The molecular weight excluding hydrogens is 422 g/mol. The van der Waals surface area contributed by atoms with Crippen molar-refractivity contribution in [2.75, 3.05) is 16.0 Å². The van der Waals surface area contributed by atoms with Gasteiger partial charge >= 0.3 is 0 Å². The van der Waals surface area contributed by atoms with Crippen molar-refractivity contribution >= 4 is 47.1 Å². The Balaban J connectivity index is 1.65. The monoisotopic (exact) mass is 449 g/mol. The van der Waals surface area contributed by atoms with Gasteiger partial charge in [0.1, 0.15) is 12.2 Å². The van der Waals surface area contributed by atoms with Gasteiger partial charge in [-0.05, 0) is 42.8 Å². The zero-order chi connectivity index (χ0) is 24.0. The third kappa shape index (κ3) is 6.42. The molecule has 0 aliphatic carbocycles. The molecule has 0 aliphatic rings. The molecule has 0 radical (unpaired) electrons. The average molecular weight is 450 g/mol. The van der Waals surface area contributed by atoms with Gasteiger partial charge in [-0.15, -0.1) is 0 Å². The Hall–Kier alpha value is -4.14. The molecular formula is C24H27N5O4. The summed E-state index contributed by atoms with van der Waals surface area (Å²) in [5, 5.41) is 11.7. The molecule has 1 aromatic carbocycles. The number of nitrogens with zero attached hydrogens (tertiary/aromatic N) is 1. The van der Waals surface area contributed by atoms with E-state index in [-0.39, 0.29) is 11.2 Å². The summed E-state index contributed by atoms with van der Waals surface area (Å²) in [7, 11) is 0. The Morgan fingerprint density at radius 2 is 1.88 bits per heavy atom. The number of aromatic amines is 1. The topological polar surface area (TPSA) is 129 Å². The Morgan fingerprint density at radius 1 is 1.12 bits per heavy atom. The lowest BCUT2D eigenvalue weighted by molar-refractivity contribution is -0.123. The van der Waals surface area contributed by atoms with E-state index in [2.05, 4.69) is 26.1 Å². The summed E-state index contributed by atoms with van der Waals surface area (Å²) in [6.45, 7) is 7.80. The number of anilines is 3. The molecule has 3 rings (SSSR count). The van der Waals surface area contributed by atoms with E-state index in [9.17, 15) is 14.4 Å². The van der Waals surface area contributed by atoms with E-state index in [4.69, 9.17) is 4.52 Å². The van der Waals surface area contributed by atoms with Crippen molar-refractivity contribution in [2.45, 2.75) is 39.5 Å². The lowest BCUT2D eigenvalue weighted by Gasteiger charge is -2.12. The minimum Gasteiger partial charge on any atom is -0.362 e. The zero-order valence-electron chi connectivity index (χ0n) is 19.0. The number of nitrogens with one attached hydrogen (secondary N) is 4. The second-order valence-corrected chi connectivity index (χ2v) is 8.57. The van der Waals surface area contributed by atoms with Gasteiger partial charge in [-0.25, -0.2) is 0 Å². The van der Waals surface area contributed by atoms with Crippen molar-refractivity contribution in [3.8, 4) is 0 Å². The van der Waals surface area contributed by atoms with Crippen molar-refractivity contribution in [3.05, 3.63) is 59.6 Å². The van der Waals surface area contributed by atoms with E-state index in [0.29, 0.717) is 23.5 Å². The van der Waals surface area contributed by atoms with Crippen LogP contribution in [0, 0.1) is 0 Å². The van der Waals surface area contributed by atoms with Crippen LogP contribution in [0.1, 0.15) is 51.1 Å². The van der Waals surface area contributed by atoms with Crippen LogP contribution in [0.2, 0.25) is 0 Å². The predicted octanol–water partition coefficient (Wildman–Crippen LogP) is 4.40. The van der Waals surface area contributed by atoms with Crippen LogP contribution in [0.4, 0.5) is 17.2 Å². The summed E-state index contributed by atoms with van der Waals surface area (Å²) in [5.74, 6) is -0.147. The molecule has 2 heterocycles. The number of benzene rings is 1. The maximum absolute atomic E-state index is 12.4. The van der Waals surface area contributed by atoms with Crippen molar-refractivity contribution in [1.82, 2.24) is 10.1 Å². The van der Waals surface area contributed by atoms with E-state index in [1.54, 1.807) is 24.3 Å². The number of amides is 3. The van der Waals surface area contributed by atoms with Gasteiger partial charge in [0, 0.05) is 34.6 Å². The fraction of sp³-hybridized carbons (Fsp3) is 0.250. The number of hydrogen-bond donors (Lipinski definition) is 4. The lowest BCUT2D eigenvalue weighted by Crippen LogP contribution is -2.21. The predicted molar refractivity (Wildman–Crippen MR) is 128 cm³/mol. The molecule has 172 valence electrons. The number of H-pyrrole nitrogens is 1. The highest BCUT2D eigenvalue weighted by atomic mass is 16.5. The van der Waals surface area contributed by atoms with E-state index >= 15 is 0 Å². The molecule has 33 heavy (non-hydrogen) atoms. The summed E-state index contributed by atoms with van der Waals surface area (Å²) in [6.07, 6.45) is 3.94. The van der Waals surface area contributed by atoms with E-state index in [1.807, 2.05) is 52.1 Å². The van der Waals surface area contributed by atoms with Crippen LogP contribution in [0.5, 0.6) is 0 Å². The normalized spacial score (nSPS) is 11.7. The zero-order valence-corrected chi connectivity index (χ0v) is 19.0. The van der Waals surface area contributed by atoms with Crippen LogP contribution in [0.25, 0.3) is 11.6 Å². The smallest absolute Gasteiger partial charge is 0.235 e. The standard InChI is InChI=1S/C24H27N5O4/c1-15(10-16-6-5-9-25-16)18-8-7-17(11-19(18)26-14-30)27-22(31)13-23(32)28-21-12-20(33-29-21)24(2,3)4/h5-12,14,25H,13H2,1-4H3,(H,26,30)(H,27,31)(H,28,29,32)/b15-10+. The van der Waals surface area contributed by atoms with Gasteiger partial charge in [0.05, 0.1) is 5.69 Å². The Bertz CT molecular complexity index is 1170. The quantitative estimate of drug-likeness (QED) is 0.299. The molecule has 9 heteroatoms. The highest BCUT2D eigenvalue weighted by Gasteiger charge is 2.21. The molecule has 0 spiro atoms. The van der Waals surface area contributed by atoms with E-state index in [0.717, 1.165) is 16.8 Å². The Kier molecular flexibility index (Phi) is 7.12. The summed E-state index contributed by atoms with van der Waals surface area (Å²) in [5.41, 5.74) is 3.38. The molecule has 0 unspecified atom stereocenters. The first-order valence-electron chi connectivity index (χ1n) is 10.4. The van der Waals surface area contributed by atoms with Crippen LogP contribution < -0.4 is 16.0 Å². The molecule has 9 nitrogen and oxygen atoms in total. The number of carbonyl (C=O) groups is 3. The van der Waals surface area contributed by atoms with E-state index in [1.165, 1.54) is 0 Å². The van der Waals surface area contributed by atoms with Crippen molar-refractivity contribution in [1.29, 1.82) is 0 Å². The summed E-state index contributed by atoms with van der Waals surface area (Å²) in [4.78, 5) is 38.8. The minimum absolute atomic E-state index is 0.248. The van der Waals surface area contributed by atoms with Crippen LogP contribution in [0.3, 0.4) is 0 Å². The van der Waals surface area contributed by atoms with Crippen LogP contribution in [0.15, 0.2) is 47.1 Å². The molecule has 0 saturated heterocycles. The van der Waals surface area contributed by atoms with Crippen LogP contribution >= 0.6 is 0 Å². The highest BCUT2D eigenvalue weighted by molar-refractivity contribution is 6.08. The molecule has 4 N–H and O–H groups in total. The number of allylic oxidation sites excluding steroid dienone is 1. The second-order valence-electron chi connectivity index (χ2n) is 8.57. The molecule has 0 fully saturated rings. The van der Waals surface area contributed by atoms with Crippen molar-refractivity contribution < 1.29 is 18.9 Å². The van der Waals surface area contributed by atoms with E-state index < -0.39 is 18.2 Å². The van der Waals surface area contributed by atoms with Gasteiger partial charge in [-0.2, -0.15) is 0 Å². The number of hydrogen-bond acceptors (Lipinski definition) is 5. The molecule has 2 aromatic heterocycles. The number of aromatic nitrogens is 2. The maximum Gasteiger partial charge on any atom is 0.235 e. The molecule has 0 atom stereocenters. The van der Waals surface area contributed by atoms with Gasteiger partial charge in [-0.1, -0.05) is 32.0 Å². The largest absolute Gasteiger partial charge is 0.362 e. The van der Waals surface area contributed by atoms with Gasteiger partial charge in [0.25, 0.3) is 0 Å². The minimum atomic E-state index is -0.520.